The van der Waals surface area contributed by atoms with Crippen molar-refractivity contribution in [3.8, 4) is 5.75 Å². The lowest BCUT2D eigenvalue weighted by Crippen LogP contribution is -2.37. The second-order valence-corrected chi connectivity index (χ2v) is 5.19. The monoisotopic (exact) mass is 345 g/mol. The SMILES string of the molecule is COc1ccccc1C=NNC(=O)C(=O)NCc1ccc(Cl)cc1. The third kappa shape index (κ3) is 5.10. The maximum absolute atomic E-state index is 11.7. The van der Waals surface area contributed by atoms with Crippen LogP contribution in [0.4, 0.5) is 0 Å². The van der Waals surface area contributed by atoms with Gasteiger partial charge in [0.15, 0.2) is 0 Å². The predicted octanol–water partition coefficient (Wildman–Crippen LogP) is 2.12. The molecule has 7 heteroatoms. The minimum absolute atomic E-state index is 0.222. The smallest absolute Gasteiger partial charge is 0.329 e. The molecule has 6 nitrogen and oxygen atoms in total. The van der Waals surface area contributed by atoms with Gasteiger partial charge in [-0.2, -0.15) is 5.10 Å². The first kappa shape index (κ1) is 17.5. The zero-order chi connectivity index (χ0) is 17.4. The molecular weight excluding hydrogens is 330 g/mol. The molecule has 24 heavy (non-hydrogen) atoms. The Morgan fingerprint density at radius 1 is 1.12 bits per heavy atom. The third-order valence-electron chi connectivity index (χ3n) is 3.08. The molecule has 0 saturated carbocycles. The van der Waals surface area contributed by atoms with Gasteiger partial charge in [-0.05, 0) is 29.8 Å². The Morgan fingerprint density at radius 3 is 2.54 bits per heavy atom. The molecule has 0 atom stereocenters. The number of nitrogens with one attached hydrogen (secondary N) is 2. The van der Waals surface area contributed by atoms with Crippen LogP contribution in [-0.4, -0.2) is 25.1 Å². The van der Waals surface area contributed by atoms with Crippen molar-refractivity contribution in [1.29, 1.82) is 0 Å². The highest BCUT2D eigenvalue weighted by atomic mass is 35.5. The van der Waals surface area contributed by atoms with E-state index in [9.17, 15) is 9.59 Å². The summed E-state index contributed by atoms with van der Waals surface area (Å²) in [6.45, 7) is 0.222. The summed E-state index contributed by atoms with van der Waals surface area (Å²) in [6.07, 6.45) is 1.41. The summed E-state index contributed by atoms with van der Waals surface area (Å²) in [4.78, 5) is 23.4. The normalized spacial score (nSPS) is 10.4. The highest BCUT2D eigenvalue weighted by molar-refractivity contribution is 6.35. The molecule has 0 aliphatic rings. The molecule has 2 aromatic rings. The van der Waals surface area contributed by atoms with Gasteiger partial charge in [-0.1, -0.05) is 35.9 Å². The van der Waals surface area contributed by atoms with Gasteiger partial charge in [0.1, 0.15) is 5.75 Å². The Kier molecular flexibility index (Phi) is 6.33. The van der Waals surface area contributed by atoms with E-state index in [1.807, 2.05) is 12.1 Å². The minimum Gasteiger partial charge on any atom is -0.496 e. The summed E-state index contributed by atoms with van der Waals surface area (Å²) in [7, 11) is 1.54. The number of carbonyl (C=O) groups excluding carboxylic acids is 2. The summed E-state index contributed by atoms with van der Waals surface area (Å²) < 4.78 is 5.15. The first-order valence-corrected chi connectivity index (χ1v) is 7.46. The number of halogens is 1. The van der Waals surface area contributed by atoms with Gasteiger partial charge in [-0.25, -0.2) is 5.43 Å². The summed E-state index contributed by atoms with van der Waals surface area (Å²) in [5, 5.41) is 6.86. The van der Waals surface area contributed by atoms with Crippen molar-refractivity contribution in [1.82, 2.24) is 10.7 Å². The van der Waals surface area contributed by atoms with Crippen LogP contribution in [0.2, 0.25) is 5.02 Å². The number of amides is 2. The first-order valence-electron chi connectivity index (χ1n) is 7.09. The van der Waals surface area contributed by atoms with Crippen molar-refractivity contribution in [3.63, 3.8) is 0 Å². The van der Waals surface area contributed by atoms with Gasteiger partial charge in [-0.3, -0.25) is 9.59 Å². The summed E-state index contributed by atoms with van der Waals surface area (Å²) in [5.41, 5.74) is 3.68. The van der Waals surface area contributed by atoms with E-state index in [4.69, 9.17) is 16.3 Å². The zero-order valence-electron chi connectivity index (χ0n) is 13.0. The molecule has 0 radical (unpaired) electrons. The van der Waals surface area contributed by atoms with E-state index >= 15 is 0 Å². The highest BCUT2D eigenvalue weighted by Gasteiger charge is 2.11. The lowest BCUT2D eigenvalue weighted by molar-refractivity contribution is -0.139. The van der Waals surface area contributed by atoms with Gasteiger partial charge in [0.25, 0.3) is 0 Å². The number of benzene rings is 2. The number of rotatable bonds is 5. The van der Waals surface area contributed by atoms with Crippen LogP contribution in [0.25, 0.3) is 0 Å². The second kappa shape index (κ2) is 8.69. The highest BCUT2D eigenvalue weighted by Crippen LogP contribution is 2.14. The molecule has 0 aliphatic heterocycles. The topological polar surface area (TPSA) is 79.8 Å². The van der Waals surface area contributed by atoms with E-state index in [-0.39, 0.29) is 6.54 Å². The fraction of sp³-hybridized carbons (Fsp3) is 0.118. The number of hydrazone groups is 1. The van der Waals surface area contributed by atoms with Crippen molar-refractivity contribution in [2.24, 2.45) is 5.10 Å². The maximum Gasteiger partial charge on any atom is 0.329 e. The van der Waals surface area contributed by atoms with Crippen LogP contribution in [0.15, 0.2) is 53.6 Å². The summed E-state index contributed by atoms with van der Waals surface area (Å²) >= 11 is 5.78. The van der Waals surface area contributed by atoms with Crippen LogP contribution >= 0.6 is 11.6 Å². The quantitative estimate of drug-likeness (QED) is 0.495. The summed E-state index contributed by atoms with van der Waals surface area (Å²) in [6, 6.07) is 14.1. The number of carbonyl (C=O) groups is 2. The van der Waals surface area contributed by atoms with Crippen molar-refractivity contribution in [3.05, 3.63) is 64.7 Å². The van der Waals surface area contributed by atoms with Crippen molar-refractivity contribution in [2.75, 3.05) is 7.11 Å². The van der Waals surface area contributed by atoms with Crippen molar-refractivity contribution < 1.29 is 14.3 Å². The molecule has 2 amide bonds. The van der Waals surface area contributed by atoms with E-state index < -0.39 is 11.8 Å². The molecule has 2 rings (SSSR count). The Bertz CT molecular complexity index is 745. The number of ether oxygens (including phenoxy) is 1. The molecule has 124 valence electrons. The predicted molar refractivity (Wildman–Crippen MR) is 92.0 cm³/mol. The molecule has 0 heterocycles. The van der Waals surface area contributed by atoms with Gasteiger partial charge in [0.05, 0.1) is 13.3 Å². The Hall–Kier alpha value is -2.86. The fourth-order valence-electron chi connectivity index (χ4n) is 1.85. The molecule has 0 unspecified atom stereocenters. The summed E-state index contributed by atoms with van der Waals surface area (Å²) in [5.74, 6) is -1.01. The Morgan fingerprint density at radius 2 is 1.83 bits per heavy atom. The zero-order valence-corrected chi connectivity index (χ0v) is 13.7. The molecule has 0 spiro atoms. The number of para-hydroxylation sites is 1. The molecule has 2 aromatic carbocycles. The Balaban J connectivity index is 1.84. The Labute approximate surface area is 144 Å². The van der Waals surface area contributed by atoms with Crippen LogP contribution in [0.1, 0.15) is 11.1 Å². The third-order valence-corrected chi connectivity index (χ3v) is 3.33. The number of nitrogens with zero attached hydrogens (tertiary/aromatic N) is 1. The van der Waals surface area contributed by atoms with Crippen LogP contribution in [0.5, 0.6) is 5.75 Å². The number of hydrogen-bond acceptors (Lipinski definition) is 4. The van der Waals surface area contributed by atoms with Crippen LogP contribution in [0, 0.1) is 0 Å². The largest absolute Gasteiger partial charge is 0.496 e. The van der Waals surface area contributed by atoms with E-state index in [1.165, 1.54) is 13.3 Å². The van der Waals surface area contributed by atoms with Crippen LogP contribution in [-0.2, 0) is 16.1 Å². The molecular formula is C17H16ClN3O3. The molecule has 0 aliphatic carbocycles. The van der Waals surface area contributed by atoms with Gasteiger partial charge >= 0.3 is 11.8 Å². The van der Waals surface area contributed by atoms with E-state index in [0.717, 1.165) is 5.56 Å². The molecule has 2 N–H and O–H groups in total. The van der Waals surface area contributed by atoms with Gasteiger partial charge < -0.3 is 10.1 Å². The van der Waals surface area contributed by atoms with Gasteiger partial charge in [0.2, 0.25) is 0 Å². The maximum atomic E-state index is 11.7. The molecule has 0 bridgehead atoms. The fourth-order valence-corrected chi connectivity index (χ4v) is 1.98. The second-order valence-electron chi connectivity index (χ2n) is 4.75. The minimum atomic E-state index is -0.852. The average molecular weight is 346 g/mol. The van der Waals surface area contributed by atoms with Crippen LogP contribution < -0.4 is 15.5 Å². The number of hydrogen-bond donors (Lipinski definition) is 2. The van der Waals surface area contributed by atoms with E-state index in [2.05, 4.69) is 15.8 Å². The first-order chi connectivity index (χ1) is 11.6. The van der Waals surface area contributed by atoms with Crippen molar-refractivity contribution >= 4 is 29.6 Å². The molecule has 0 fully saturated rings. The van der Waals surface area contributed by atoms with Crippen molar-refractivity contribution in [2.45, 2.75) is 6.54 Å². The molecule has 0 aromatic heterocycles. The number of methoxy groups -OCH3 is 1. The van der Waals surface area contributed by atoms with E-state index in [1.54, 1.807) is 36.4 Å². The van der Waals surface area contributed by atoms with Gasteiger partial charge in [-0.15, -0.1) is 0 Å². The lowest BCUT2D eigenvalue weighted by Gasteiger charge is -2.05. The average Bonchev–Trinajstić information content (AvgIpc) is 2.61. The van der Waals surface area contributed by atoms with Gasteiger partial charge in [0, 0.05) is 17.1 Å². The molecule has 0 saturated heterocycles. The standard InChI is InChI=1S/C17H16ClN3O3/c1-24-15-5-3-2-4-13(15)11-20-21-17(23)16(22)19-10-12-6-8-14(18)9-7-12/h2-9,11H,10H2,1H3,(H,19,22)(H,21,23). The van der Waals surface area contributed by atoms with E-state index in [0.29, 0.717) is 16.3 Å². The van der Waals surface area contributed by atoms with Crippen LogP contribution in [0.3, 0.4) is 0 Å². The lowest BCUT2D eigenvalue weighted by atomic mass is 10.2.